The first kappa shape index (κ1) is 76.8. The van der Waals surface area contributed by atoms with Crippen LogP contribution in [-0.4, -0.2) is 140 Å². The smallest absolute Gasteiger partial charge is 0.220 e. The van der Waals surface area contributed by atoms with Crippen LogP contribution in [0.1, 0.15) is 277 Å². The van der Waals surface area contributed by atoms with E-state index in [9.17, 15) is 45.6 Å². The van der Waals surface area contributed by atoms with Gasteiger partial charge in [0.2, 0.25) is 5.91 Å². The van der Waals surface area contributed by atoms with Crippen LogP contribution < -0.4 is 5.32 Å². The minimum Gasteiger partial charge on any atom is -0.394 e. The number of amides is 1. The molecular formula is C69H125NO13. The number of unbranched alkanes of at least 4 members (excludes halogenated alkanes) is 32. The van der Waals surface area contributed by atoms with Gasteiger partial charge in [-0.25, -0.2) is 0 Å². The van der Waals surface area contributed by atoms with E-state index in [2.05, 4.69) is 79.9 Å². The van der Waals surface area contributed by atoms with Crippen LogP contribution in [0.3, 0.4) is 0 Å². The number of rotatable bonds is 55. The molecule has 484 valence electrons. The molecule has 12 atom stereocenters. The van der Waals surface area contributed by atoms with Crippen molar-refractivity contribution >= 4 is 5.91 Å². The number of ether oxygens (including phenoxy) is 4. The molecule has 2 saturated heterocycles. The summed E-state index contributed by atoms with van der Waals surface area (Å²) in [6.45, 7) is 2.78. The van der Waals surface area contributed by atoms with Crippen LogP contribution in [0.15, 0.2) is 60.8 Å². The lowest BCUT2D eigenvalue weighted by Crippen LogP contribution is -2.65. The zero-order valence-electron chi connectivity index (χ0n) is 52.4. The summed E-state index contributed by atoms with van der Waals surface area (Å²) in [6.07, 6.45) is 53.7. The van der Waals surface area contributed by atoms with E-state index in [0.29, 0.717) is 12.8 Å². The first-order chi connectivity index (χ1) is 40.6. The average Bonchev–Trinajstić information content (AvgIpc) is 3.64. The summed E-state index contributed by atoms with van der Waals surface area (Å²) >= 11 is 0. The molecule has 2 aliphatic heterocycles. The SMILES string of the molecule is CC/C=C\C/C=C\C/C=C\C/C=C\C/C=C\CCCCCCCCCCCCCCCCCC(=O)NC(COC1OC(CO)C(OC2OC(CO)C(O)C(O)C2O)C(O)C1O)C(O)CCCCCCCCCCCCCCCCCCCC. The van der Waals surface area contributed by atoms with Crippen LogP contribution in [-0.2, 0) is 23.7 Å². The van der Waals surface area contributed by atoms with Crippen molar-refractivity contribution < 1.29 is 64.6 Å². The predicted molar refractivity (Wildman–Crippen MR) is 337 cm³/mol. The monoisotopic (exact) mass is 1180 g/mol. The minimum absolute atomic E-state index is 0.205. The van der Waals surface area contributed by atoms with Crippen molar-refractivity contribution in [1.82, 2.24) is 5.32 Å². The molecular weight excluding hydrogens is 1050 g/mol. The highest BCUT2D eigenvalue weighted by Crippen LogP contribution is 2.30. The Kier molecular flexibility index (Phi) is 49.9. The molecule has 0 saturated carbocycles. The van der Waals surface area contributed by atoms with Crippen LogP contribution in [0.25, 0.3) is 0 Å². The molecule has 2 rings (SSSR count). The van der Waals surface area contributed by atoms with Crippen molar-refractivity contribution in [3.63, 3.8) is 0 Å². The van der Waals surface area contributed by atoms with Crippen LogP contribution in [0.2, 0.25) is 0 Å². The van der Waals surface area contributed by atoms with Gasteiger partial charge in [0.1, 0.15) is 48.8 Å². The molecule has 9 N–H and O–H groups in total. The number of carbonyl (C=O) groups is 1. The molecule has 0 aromatic carbocycles. The molecule has 0 aromatic heterocycles. The molecule has 12 unspecified atom stereocenters. The Morgan fingerprint density at radius 1 is 0.446 bits per heavy atom. The van der Waals surface area contributed by atoms with Crippen molar-refractivity contribution in [1.29, 1.82) is 0 Å². The first-order valence-corrected chi connectivity index (χ1v) is 34.0. The number of hydrogen-bond acceptors (Lipinski definition) is 13. The predicted octanol–water partition coefficient (Wildman–Crippen LogP) is 13.3. The summed E-state index contributed by atoms with van der Waals surface area (Å²) in [6, 6.07) is -0.831. The third-order valence-corrected chi connectivity index (χ3v) is 16.5. The highest BCUT2D eigenvalue weighted by Gasteiger charge is 2.51. The second kappa shape index (κ2) is 53.9. The Bertz CT molecular complexity index is 1620. The van der Waals surface area contributed by atoms with Gasteiger partial charge in [0, 0.05) is 6.42 Å². The zero-order valence-corrected chi connectivity index (χ0v) is 52.4. The fourth-order valence-electron chi connectivity index (χ4n) is 11.1. The van der Waals surface area contributed by atoms with Gasteiger partial charge >= 0.3 is 0 Å². The van der Waals surface area contributed by atoms with E-state index in [1.54, 1.807) is 0 Å². The summed E-state index contributed by atoms with van der Waals surface area (Å²) in [5.74, 6) is -0.205. The molecule has 2 aliphatic rings. The Hall–Kier alpha value is -2.31. The number of aliphatic hydroxyl groups is 8. The van der Waals surface area contributed by atoms with E-state index in [1.165, 1.54) is 167 Å². The Balaban J connectivity index is 1.66. The number of aliphatic hydroxyl groups excluding tert-OH is 8. The third-order valence-electron chi connectivity index (χ3n) is 16.5. The molecule has 1 amide bonds. The van der Waals surface area contributed by atoms with Gasteiger partial charge in [0.05, 0.1) is 32.0 Å². The maximum Gasteiger partial charge on any atom is 0.220 e. The van der Waals surface area contributed by atoms with Crippen LogP contribution in [0, 0.1) is 0 Å². The largest absolute Gasteiger partial charge is 0.394 e. The highest BCUT2D eigenvalue weighted by molar-refractivity contribution is 5.76. The molecule has 14 heteroatoms. The van der Waals surface area contributed by atoms with E-state index in [1.807, 2.05) is 0 Å². The highest BCUT2D eigenvalue weighted by atomic mass is 16.7. The van der Waals surface area contributed by atoms with E-state index >= 15 is 0 Å². The molecule has 0 aromatic rings. The number of allylic oxidation sites excluding steroid dienone is 10. The second-order valence-electron chi connectivity index (χ2n) is 23.9. The summed E-state index contributed by atoms with van der Waals surface area (Å²) in [5, 5.41) is 87.5. The van der Waals surface area contributed by atoms with Gasteiger partial charge in [-0.2, -0.15) is 0 Å². The van der Waals surface area contributed by atoms with Crippen molar-refractivity contribution in [3.8, 4) is 0 Å². The van der Waals surface area contributed by atoms with Crippen molar-refractivity contribution in [2.24, 2.45) is 0 Å². The van der Waals surface area contributed by atoms with Gasteiger partial charge in [-0.05, 0) is 57.8 Å². The van der Waals surface area contributed by atoms with Gasteiger partial charge in [0.25, 0.3) is 0 Å². The molecule has 2 fully saturated rings. The molecule has 2 heterocycles. The van der Waals surface area contributed by atoms with Crippen LogP contribution in [0.4, 0.5) is 0 Å². The lowest BCUT2D eigenvalue weighted by Gasteiger charge is -2.46. The summed E-state index contributed by atoms with van der Waals surface area (Å²) in [5.41, 5.74) is 0. The van der Waals surface area contributed by atoms with Crippen LogP contribution in [0.5, 0.6) is 0 Å². The normalized spacial score (nSPS) is 24.2. The summed E-state index contributed by atoms with van der Waals surface area (Å²) < 4.78 is 22.9. The molecule has 0 bridgehead atoms. The lowest BCUT2D eigenvalue weighted by molar-refractivity contribution is -0.359. The minimum atomic E-state index is -1.78. The molecule has 0 radical (unpaired) electrons. The van der Waals surface area contributed by atoms with Crippen molar-refractivity contribution in [3.05, 3.63) is 60.8 Å². The maximum absolute atomic E-state index is 13.3. The number of carbonyl (C=O) groups excluding carboxylic acids is 1. The molecule has 0 aliphatic carbocycles. The Labute approximate surface area is 505 Å². The van der Waals surface area contributed by atoms with Crippen LogP contribution >= 0.6 is 0 Å². The van der Waals surface area contributed by atoms with E-state index in [0.717, 1.165) is 83.5 Å². The van der Waals surface area contributed by atoms with Gasteiger partial charge in [-0.15, -0.1) is 0 Å². The topological polar surface area (TPSA) is 228 Å². The number of hydrogen-bond donors (Lipinski definition) is 9. The zero-order chi connectivity index (χ0) is 60.2. The molecule has 83 heavy (non-hydrogen) atoms. The van der Waals surface area contributed by atoms with Gasteiger partial charge in [-0.1, -0.05) is 274 Å². The fraction of sp³-hybridized carbons (Fsp3) is 0.841. The fourth-order valence-corrected chi connectivity index (χ4v) is 11.1. The Morgan fingerprint density at radius 2 is 0.831 bits per heavy atom. The van der Waals surface area contributed by atoms with E-state index < -0.39 is 86.8 Å². The maximum atomic E-state index is 13.3. The quantitative estimate of drug-likeness (QED) is 0.0204. The van der Waals surface area contributed by atoms with Crippen molar-refractivity contribution in [2.45, 2.75) is 351 Å². The molecule has 14 nitrogen and oxygen atoms in total. The van der Waals surface area contributed by atoms with Gasteiger partial charge in [0.15, 0.2) is 12.6 Å². The average molecular weight is 1180 g/mol. The lowest BCUT2D eigenvalue weighted by atomic mass is 9.97. The standard InChI is InChI=1S/C69H125NO13/c1-3-5-7-9-11-13-15-17-19-21-23-24-25-26-27-28-29-30-31-32-33-34-35-37-39-41-43-45-47-49-51-53-61(74)70-57(58(73)52-50-48-46-44-42-40-38-36-22-20-18-16-14-12-10-8-6-4-2)56-80-68-66(79)64(77)67(60(55-72)82-68)83-69-65(78)63(76)62(75)59(54-71)81-69/h5,7,11,13,17,19,23-24,26-27,57-60,62-69,71-73,75-79H,3-4,6,8-10,12,14-16,18,20-22,25,28-56H2,1-2H3,(H,70,74)/b7-5-,13-11-,19-17-,24-23-,27-26-. The molecule has 0 spiro atoms. The third kappa shape index (κ3) is 38.6. The van der Waals surface area contributed by atoms with Gasteiger partial charge < -0.3 is 65.1 Å². The first-order valence-electron chi connectivity index (χ1n) is 34.0. The summed E-state index contributed by atoms with van der Waals surface area (Å²) in [4.78, 5) is 13.3. The Morgan fingerprint density at radius 3 is 1.28 bits per heavy atom. The van der Waals surface area contributed by atoms with E-state index in [-0.39, 0.29) is 12.5 Å². The van der Waals surface area contributed by atoms with Gasteiger partial charge in [-0.3, -0.25) is 4.79 Å². The van der Waals surface area contributed by atoms with E-state index in [4.69, 9.17) is 18.9 Å². The second-order valence-corrected chi connectivity index (χ2v) is 23.9. The summed E-state index contributed by atoms with van der Waals surface area (Å²) in [7, 11) is 0. The number of nitrogens with one attached hydrogen (secondary N) is 1. The van der Waals surface area contributed by atoms with Crippen molar-refractivity contribution in [2.75, 3.05) is 19.8 Å².